The first-order valence-electron chi connectivity index (χ1n) is 9.36. The fraction of sp³-hybridized carbons (Fsp3) is 0.286. The van der Waals surface area contributed by atoms with E-state index >= 15 is 0 Å². The van der Waals surface area contributed by atoms with Gasteiger partial charge in [-0.2, -0.15) is 0 Å². The van der Waals surface area contributed by atoms with E-state index in [9.17, 15) is 19.5 Å². The average Bonchev–Trinajstić information content (AvgIpc) is 3.07. The molecule has 2 aromatic carbocycles. The zero-order chi connectivity index (χ0) is 21.5. The number of aliphatic hydroxyl groups is 1. The van der Waals surface area contributed by atoms with Crippen molar-refractivity contribution >= 4 is 34.6 Å². The number of amides is 4. The fourth-order valence-electron chi connectivity index (χ4n) is 3.02. The van der Waals surface area contributed by atoms with E-state index in [2.05, 4.69) is 5.32 Å². The predicted molar refractivity (Wildman–Crippen MR) is 114 cm³/mol. The van der Waals surface area contributed by atoms with Gasteiger partial charge in [0.25, 0.3) is 5.24 Å². The van der Waals surface area contributed by atoms with Crippen LogP contribution in [0.5, 0.6) is 5.75 Å². The number of rotatable bonds is 8. The predicted octanol–water partition coefficient (Wildman–Crippen LogP) is 2.92. The first-order valence-corrected chi connectivity index (χ1v) is 10.3. The number of hydrogen-bond acceptors (Lipinski definition) is 6. The van der Waals surface area contributed by atoms with E-state index in [0.717, 1.165) is 22.9 Å². The number of carbonyl (C=O) groups excluding carboxylic acids is 3. The van der Waals surface area contributed by atoms with Gasteiger partial charge < -0.3 is 20.1 Å². The summed E-state index contributed by atoms with van der Waals surface area (Å²) in [7, 11) is 1.57. The van der Waals surface area contributed by atoms with Crippen molar-refractivity contribution < 1.29 is 24.2 Å². The van der Waals surface area contributed by atoms with Crippen LogP contribution in [0.15, 0.2) is 48.5 Å². The minimum absolute atomic E-state index is 0.165. The molecule has 2 aromatic rings. The highest BCUT2D eigenvalue weighted by atomic mass is 32.2. The number of nitrogens with zero attached hydrogens (tertiary/aromatic N) is 2. The lowest BCUT2D eigenvalue weighted by molar-refractivity contribution is -0.125. The number of imide groups is 1. The number of methoxy groups -OCH3 is 1. The summed E-state index contributed by atoms with van der Waals surface area (Å²) in [5.74, 6) is 0.653. The molecule has 0 aromatic heterocycles. The number of thioether (sulfide) groups is 1. The highest BCUT2D eigenvalue weighted by Gasteiger charge is 2.29. The quantitative estimate of drug-likeness (QED) is 0.669. The highest BCUT2D eigenvalue weighted by molar-refractivity contribution is 8.14. The lowest BCUT2D eigenvalue weighted by atomic mass is 10.2. The molecule has 0 unspecified atom stereocenters. The minimum atomic E-state index is -0.357. The second-order valence-electron chi connectivity index (χ2n) is 6.62. The van der Waals surface area contributed by atoms with Crippen LogP contribution in [0.4, 0.5) is 15.3 Å². The number of carbonyl (C=O) groups is 3. The Kier molecular flexibility index (Phi) is 7.31. The lowest BCUT2D eigenvalue weighted by Gasteiger charge is -2.23. The highest BCUT2D eigenvalue weighted by Crippen LogP contribution is 2.22. The Morgan fingerprint density at radius 1 is 1.20 bits per heavy atom. The largest absolute Gasteiger partial charge is 0.496 e. The van der Waals surface area contributed by atoms with Gasteiger partial charge in [-0.1, -0.05) is 42.1 Å². The first-order chi connectivity index (χ1) is 14.5. The van der Waals surface area contributed by atoms with Crippen LogP contribution in [0.25, 0.3) is 0 Å². The molecule has 4 amide bonds. The van der Waals surface area contributed by atoms with Crippen LogP contribution < -0.4 is 10.1 Å². The third-order valence-electron chi connectivity index (χ3n) is 4.60. The van der Waals surface area contributed by atoms with Gasteiger partial charge in [-0.3, -0.25) is 14.5 Å². The molecule has 1 aliphatic heterocycles. The van der Waals surface area contributed by atoms with E-state index in [-0.39, 0.29) is 49.2 Å². The molecular formula is C21H23N3O5S. The number of urea groups is 1. The Hall–Kier alpha value is -3.04. The Morgan fingerprint density at radius 3 is 2.57 bits per heavy atom. The summed E-state index contributed by atoms with van der Waals surface area (Å²) in [5.41, 5.74) is 2.19. The van der Waals surface area contributed by atoms with Crippen molar-refractivity contribution in [2.24, 2.45) is 0 Å². The molecule has 1 aliphatic rings. The molecule has 0 saturated carbocycles. The van der Waals surface area contributed by atoms with Crippen molar-refractivity contribution in [3.05, 3.63) is 59.7 Å². The van der Waals surface area contributed by atoms with Gasteiger partial charge in [-0.05, 0) is 23.8 Å². The van der Waals surface area contributed by atoms with Crippen LogP contribution in [0.2, 0.25) is 0 Å². The van der Waals surface area contributed by atoms with Gasteiger partial charge in [0, 0.05) is 17.8 Å². The molecule has 3 rings (SSSR count). The summed E-state index contributed by atoms with van der Waals surface area (Å²) < 4.78 is 5.33. The third-order valence-corrected chi connectivity index (χ3v) is 5.46. The summed E-state index contributed by atoms with van der Waals surface area (Å²) >= 11 is 1.00. The summed E-state index contributed by atoms with van der Waals surface area (Å²) in [6.07, 6.45) is 0. The number of para-hydroxylation sites is 1. The third kappa shape index (κ3) is 5.31. The second kappa shape index (κ2) is 10.1. The van der Waals surface area contributed by atoms with Crippen LogP contribution in [0, 0.1) is 0 Å². The van der Waals surface area contributed by atoms with Gasteiger partial charge >= 0.3 is 6.03 Å². The molecule has 30 heavy (non-hydrogen) atoms. The standard InChI is InChI=1S/C21H23N3O5S/c1-29-18-5-3-2-4-16(18)13-23(10-11-25)20(27)22-17-8-6-15(7-9-17)12-24-19(26)14-30-21(24)28/h2-9,25H,10-14H2,1H3,(H,22,27). The number of nitrogens with one attached hydrogen (secondary N) is 1. The molecule has 0 bridgehead atoms. The normalized spacial score (nSPS) is 13.5. The van der Waals surface area contributed by atoms with E-state index < -0.39 is 0 Å². The number of anilines is 1. The van der Waals surface area contributed by atoms with Crippen LogP contribution in [-0.2, 0) is 17.9 Å². The van der Waals surface area contributed by atoms with Crippen LogP contribution in [0.3, 0.4) is 0 Å². The van der Waals surface area contributed by atoms with Crippen molar-refractivity contribution in [1.82, 2.24) is 9.80 Å². The second-order valence-corrected chi connectivity index (χ2v) is 7.55. The van der Waals surface area contributed by atoms with Gasteiger partial charge in [0.05, 0.1) is 32.6 Å². The van der Waals surface area contributed by atoms with E-state index in [4.69, 9.17) is 4.74 Å². The van der Waals surface area contributed by atoms with Crippen molar-refractivity contribution in [3.8, 4) is 5.75 Å². The van der Waals surface area contributed by atoms with E-state index in [1.165, 1.54) is 9.80 Å². The van der Waals surface area contributed by atoms with Crippen molar-refractivity contribution in [2.75, 3.05) is 31.3 Å². The molecule has 158 valence electrons. The first kappa shape index (κ1) is 21.7. The molecule has 0 spiro atoms. The SMILES string of the molecule is COc1ccccc1CN(CCO)C(=O)Nc1ccc(CN2C(=O)CSC2=O)cc1. The molecule has 0 atom stereocenters. The lowest BCUT2D eigenvalue weighted by Crippen LogP contribution is -2.36. The van der Waals surface area contributed by atoms with Crippen LogP contribution >= 0.6 is 11.8 Å². The minimum Gasteiger partial charge on any atom is -0.496 e. The van der Waals surface area contributed by atoms with Gasteiger partial charge in [0.15, 0.2) is 0 Å². The Morgan fingerprint density at radius 2 is 1.93 bits per heavy atom. The molecule has 1 heterocycles. The monoisotopic (exact) mass is 429 g/mol. The van der Waals surface area contributed by atoms with E-state index in [1.54, 1.807) is 31.4 Å². The van der Waals surface area contributed by atoms with Crippen LogP contribution in [-0.4, -0.2) is 58.1 Å². The average molecular weight is 429 g/mol. The number of ether oxygens (including phenoxy) is 1. The van der Waals surface area contributed by atoms with Crippen molar-refractivity contribution in [3.63, 3.8) is 0 Å². The molecule has 8 nitrogen and oxygen atoms in total. The van der Waals surface area contributed by atoms with Crippen LogP contribution in [0.1, 0.15) is 11.1 Å². The zero-order valence-corrected chi connectivity index (χ0v) is 17.4. The maximum Gasteiger partial charge on any atom is 0.322 e. The van der Waals surface area contributed by atoms with Crippen molar-refractivity contribution in [2.45, 2.75) is 13.1 Å². The Bertz CT molecular complexity index is 903. The molecular weight excluding hydrogens is 406 g/mol. The van der Waals surface area contributed by atoms with E-state index in [0.29, 0.717) is 11.4 Å². The number of benzene rings is 2. The maximum absolute atomic E-state index is 12.7. The van der Waals surface area contributed by atoms with Gasteiger partial charge in [0.2, 0.25) is 5.91 Å². The number of aliphatic hydroxyl groups excluding tert-OH is 1. The zero-order valence-electron chi connectivity index (χ0n) is 16.5. The fourth-order valence-corrected chi connectivity index (χ4v) is 3.75. The molecule has 1 saturated heterocycles. The number of hydrogen-bond donors (Lipinski definition) is 2. The molecule has 1 fully saturated rings. The summed E-state index contributed by atoms with van der Waals surface area (Å²) in [4.78, 5) is 38.9. The molecule has 0 radical (unpaired) electrons. The summed E-state index contributed by atoms with van der Waals surface area (Å²) in [6, 6.07) is 14.0. The maximum atomic E-state index is 12.7. The molecule has 0 aliphatic carbocycles. The van der Waals surface area contributed by atoms with Gasteiger partial charge in [-0.25, -0.2) is 4.79 Å². The van der Waals surface area contributed by atoms with E-state index in [1.807, 2.05) is 24.3 Å². The smallest absolute Gasteiger partial charge is 0.322 e. The Labute approximate surface area is 178 Å². The summed E-state index contributed by atoms with van der Waals surface area (Å²) in [6.45, 7) is 0.491. The summed E-state index contributed by atoms with van der Waals surface area (Å²) in [5, 5.41) is 11.9. The van der Waals surface area contributed by atoms with Gasteiger partial charge in [0.1, 0.15) is 5.75 Å². The van der Waals surface area contributed by atoms with Gasteiger partial charge in [-0.15, -0.1) is 0 Å². The topological polar surface area (TPSA) is 99.2 Å². The molecule has 2 N–H and O–H groups in total. The molecule has 9 heteroatoms. The Balaban J connectivity index is 1.64. The van der Waals surface area contributed by atoms with Crippen molar-refractivity contribution in [1.29, 1.82) is 0 Å².